The predicted octanol–water partition coefficient (Wildman–Crippen LogP) is 5.27. The monoisotopic (exact) mass is 344 g/mol. The maximum absolute atomic E-state index is 11.5. The summed E-state index contributed by atoms with van der Waals surface area (Å²) in [5.41, 5.74) is 3.53. The molecule has 0 amide bonds. The average Bonchev–Trinajstić information content (AvgIpc) is 2.88. The molecule has 2 aromatic carbocycles. The molecule has 3 rings (SSSR count). The van der Waals surface area contributed by atoms with Crippen LogP contribution in [-0.4, -0.2) is 16.5 Å². The quantitative estimate of drug-likeness (QED) is 0.636. The fourth-order valence-corrected chi connectivity index (χ4v) is 3.85. The molecule has 23 heavy (non-hydrogen) atoms. The van der Waals surface area contributed by atoms with Crippen molar-refractivity contribution in [2.24, 2.45) is 0 Å². The number of carbonyl (C=O) groups is 1. The van der Waals surface area contributed by atoms with Gasteiger partial charge in [-0.1, -0.05) is 23.7 Å². The SMILES string of the molecule is Cc1c(-c2ccc(O)c(Cl)c2)sc(C=O)c1-c1ccc(O)cc1. The van der Waals surface area contributed by atoms with Crippen LogP contribution < -0.4 is 0 Å². The molecule has 0 fully saturated rings. The molecule has 0 saturated carbocycles. The summed E-state index contributed by atoms with van der Waals surface area (Å²) in [7, 11) is 0. The minimum absolute atomic E-state index is 0.0268. The van der Waals surface area contributed by atoms with Crippen LogP contribution in [0.5, 0.6) is 11.5 Å². The maximum atomic E-state index is 11.5. The van der Waals surface area contributed by atoms with E-state index in [1.54, 1.807) is 36.4 Å². The lowest BCUT2D eigenvalue weighted by atomic mass is 9.99. The Kier molecular flexibility index (Phi) is 4.11. The van der Waals surface area contributed by atoms with E-state index in [1.165, 1.54) is 17.4 Å². The Morgan fingerprint density at radius 3 is 2.30 bits per heavy atom. The molecule has 0 saturated heterocycles. The predicted molar refractivity (Wildman–Crippen MR) is 93.7 cm³/mol. The topological polar surface area (TPSA) is 57.5 Å². The second kappa shape index (κ2) is 6.07. The van der Waals surface area contributed by atoms with Gasteiger partial charge in [-0.3, -0.25) is 4.79 Å². The molecule has 1 heterocycles. The number of hydrogen-bond donors (Lipinski definition) is 2. The largest absolute Gasteiger partial charge is 0.508 e. The highest BCUT2D eigenvalue weighted by molar-refractivity contribution is 7.17. The third-order valence-corrected chi connectivity index (χ3v) is 5.22. The molecule has 0 aliphatic rings. The van der Waals surface area contributed by atoms with E-state index >= 15 is 0 Å². The van der Waals surface area contributed by atoms with Gasteiger partial charge in [0.15, 0.2) is 6.29 Å². The molecule has 5 heteroatoms. The zero-order chi connectivity index (χ0) is 16.6. The van der Waals surface area contributed by atoms with Gasteiger partial charge >= 0.3 is 0 Å². The molecule has 0 radical (unpaired) electrons. The highest BCUT2D eigenvalue weighted by atomic mass is 35.5. The van der Waals surface area contributed by atoms with Crippen molar-refractivity contribution in [3.8, 4) is 33.1 Å². The van der Waals surface area contributed by atoms with Crippen molar-refractivity contribution in [2.45, 2.75) is 6.92 Å². The minimum Gasteiger partial charge on any atom is -0.508 e. The standard InChI is InChI=1S/C18H13ClO3S/c1-10-17(11-2-5-13(21)6-3-11)16(9-20)23-18(10)12-4-7-15(22)14(19)8-12/h2-9,21-22H,1H3. The van der Waals surface area contributed by atoms with Gasteiger partial charge in [-0.15, -0.1) is 11.3 Å². The summed E-state index contributed by atoms with van der Waals surface area (Å²) in [6.45, 7) is 1.95. The van der Waals surface area contributed by atoms with Gasteiger partial charge in [-0.2, -0.15) is 0 Å². The highest BCUT2D eigenvalue weighted by Gasteiger charge is 2.18. The van der Waals surface area contributed by atoms with E-state index in [1.807, 2.05) is 6.92 Å². The molecule has 0 aliphatic heterocycles. The van der Waals surface area contributed by atoms with Gasteiger partial charge < -0.3 is 10.2 Å². The first-order valence-corrected chi connectivity index (χ1v) is 8.07. The van der Waals surface area contributed by atoms with Crippen molar-refractivity contribution in [1.29, 1.82) is 0 Å². The fraction of sp³-hybridized carbons (Fsp3) is 0.0556. The van der Waals surface area contributed by atoms with E-state index in [9.17, 15) is 15.0 Å². The summed E-state index contributed by atoms with van der Waals surface area (Å²) in [4.78, 5) is 13.0. The third kappa shape index (κ3) is 2.83. The van der Waals surface area contributed by atoms with Crippen molar-refractivity contribution in [3.63, 3.8) is 0 Å². The number of hydrogen-bond acceptors (Lipinski definition) is 4. The molecule has 116 valence electrons. The molecule has 0 atom stereocenters. The summed E-state index contributed by atoms with van der Waals surface area (Å²) in [6.07, 6.45) is 0.839. The van der Waals surface area contributed by atoms with Crippen LogP contribution in [0.1, 0.15) is 15.2 Å². The number of phenolic OH excluding ortho intramolecular Hbond substituents is 2. The summed E-state index contributed by atoms with van der Waals surface area (Å²) in [5.74, 6) is 0.207. The lowest BCUT2D eigenvalue weighted by Crippen LogP contribution is -1.84. The van der Waals surface area contributed by atoms with Crippen LogP contribution in [0, 0.1) is 6.92 Å². The maximum Gasteiger partial charge on any atom is 0.160 e. The zero-order valence-corrected chi connectivity index (χ0v) is 13.8. The highest BCUT2D eigenvalue weighted by Crippen LogP contribution is 2.42. The van der Waals surface area contributed by atoms with E-state index in [0.29, 0.717) is 4.88 Å². The van der Waals surface area contributed by atoms with Crippen LogP contribution in [0.25, 0.3) is 21.6 Å². The zero-order valence-electron chi connectivity index (χ0n) is 12.2. The Bertz CT molecular complexity index is 882. The van der Waals surface area contributed by atoms with Crippen LogP contribution >= 0.6 is 22.9 Å². The van der Waals surface area contributed by atoms with Gasteiger partial charge in [0.25, 0.3) is 0 Å². The first-order valence-electron chi connectivity index (χ1n) is 6.88. The van der Waals surface area contributed by atoms with Crippen LogP contribution in [0.3, 0.4) is 0 Å². The Morgan fingerprint density at radius 2 is 1.70 bits per heavy atom. The summed E-state index contributed by atoms with van der Waals surface area (Å²) in [5, 5.41) is 19.3. The van der Waals surface area contributed by atoms with Crippen LogP contribution in [0.2, 0.25) is 5.02 Å². The van der Waals surface area contributed by atoms with Crippen molar-refractivity contribution >= 4 is 29.2 Å². The van der Waals surface area contributed by atoms with Crippen molar-refractivity contribution in [2.75, 3.05) is 0 Å². The van der Waals surface area contributed by atoms with Gasteiger partial charge in [0.2, 0.25) is 0 Å². The number of carbonyl (C=O) groups excluding carboxylic acids is 1. The molecule has 2 N–H and O–H groups in total. The number of benzene rings is 2. The van der Waals surface area contributed by atoms with Crippen LogP contribution in [-0.2, 0) is 0 Å². The van der Waals surface area contributed by atoms with Gasteiger partial charge in [0.05, 0.1) is 9.90 Å². The van der Waals surface area contributed by atoms with E-state index in [4.69, 9.17) is 11.6 Å². The summed E-state index contributed by atoms with van der Waals surface area (Å²) >= 11 is 7.37. The second-order valence-electron chi connectivity index (χ2n) is 5.13. The molecule has 3 nitrogen and oxygen atoms in total. The summed E-state index contributed by atoms with van der Waals surface area (Å²) in [6, 6.07) is 11.8. The van der Waals surface area contributed by atoms with Crippen LogP contribution in [0.15, 0.2) is 42.5 Å². The van der Waals surface area contributed by atoms with Gasteiger partial charge in [0.1, 0.15) is 11.5 Å². The van der Waals surface area contributed by atoms with Crippen molar-refractivity contribution in [3.05, 3.63) is 57.9 Å². The first kappa shape index (κ1) is 15.6. The number of rotatable bonds is 3. The van der Waals surface area contributed by atoms with Gasteiger partial charge in [-0.05, 0) is 53.9 Å². The Balaban J connectivity index is 2.19. The van der Waals surface area contributed by atoms with Gasteiger partial charge in [-0.25, -0.2) is 0 Å². The Hall–Kier alpha value is -2.30. The lowest BCUT2D eigenvalue weighted by Gasteiger charge is -2.05. The van der Waals surface area contributed by atoms with E-state index in [2.05, 4.69) is 0 Å². The third-order valence-electron chi connectivity index (χ3n) is 3.65. The molecular formula is C18H13ClO3S. The number of phenols is 2. The molecule has 1 aromatic heterocycles. The molecule has 0 spiro atoms. The van der Waals surface area contributed by atoms with Crippen molar-refractivity contribution in [1.82, 2.24) is 0 Å². The van der Waals surface area contributed by atoms with Crippen LogP contribution in [0.4, 0.5) is 0 Å². The smallest absolute Gasteiger partial charge is 0.160 e. The number of aldehydes is 1. The average molecular weight is 345 g/mol. The minimum atomic E-state index is 0.0268. The number of thiophene rings is 1. The van der Waals surface area contributed by atoms with E-state index in [-0.39, 0.29) is 16.5 Å². The van der Waals surface area contributed by atoms with Gasteiger partial charge in [0, 0.05) is 10.4 Å². The fourth-order valence-electron chi connectivity index (χ4n) is 2.53. The number of aromatic hydroxyl groups is 2. The number of halogens is 1. The van der Waals surface area contributed by atoms with E-state index < -0.39 is 0 Å². The molecular weight excluding hydrogens is 332 g/mol. The summed E-state index contributed by atoms with van der Waals surface area (Å²) < 4.78 is 0. The Labute approximate surface area is 142 Å². The Morgan fingerprint density at radius 1 is 1.04 bits per heavy atom. The first-order chi connectivity index (χ1) is 11.0. The molecule has 0 bridgehead atoms. The normalized spacial score (nSPS) is 10.7. The van der Waals surface area contributed by atoms with E-state index in [0.717, 1.165) is 33.4 Å². The lowest BCUT2D eigenvalue weighted by molar-refractivity contribution is 0.112. The second-order valence-corrected chi connectivity index (χ2v) is 6.59. The molecule has 3 aromatic rings. The molecule has 0 unspecified atom stereocenters. The van der Waals surface area contributed by atoms with Crippen molar-refractivity contribution < 1.29 is 15.0 Å². The molecule has 0 aliphatic carbocycles.